The number of carbonyl (C=O) groups is 1. The molecule has 2 rings (SSSR count). The summed E-state index contributed by atoms with van der Waals surface area (Å²) in [4.78, 5) is 13.9. The molecule has 0 saturated carbocycles. The number of carbonyl (C=O) groups excluding carboxylic acids is 1. The third-order valence-corrected chi connectivity index (χ3v) is 2.66. The fraction of sp³-hybridized carbons (Fsp3) is 0.250. The monoisotopic (exact) mass is 257 g/mol. The van der Waals surface area contributed by atoms with Gasteiger partial charge in [-0.2, -0.15) is 13.2 Å². The fourth-order valence-corrected chi connectivity index (χ4v) is 1.74. The highest BCUT2D eigenvalue weighted by atomic mass is 19.4. The predicted octanol–water partition coefficient (Wildman–Crippen LogP) is 2.90. The first kappa shape index (κ1) is 12.5. The predicted molar refractivity (Wildman–Crippen MR) is 59.0 cm³/mol. The van der Waals surface area contributed by atoms with Gasteiger partial charge in [0.25, 0.3) is 0 Å². The van der Waals surface area contributed by atoms with Gasteiger partial charge >= 0.3 is 12.1 Å². The minimum Gasteiger partial charge on any atom is -0.469 e. The van der Waals surface area contributed by atoms with Gasteiger partial charge in [-0.05, 0) is 17.7 Å². The standard InChI is InChI=1S/C12H10F3NO2/c1-18-11(17)4-7-6-16-10-5-8(12(13,14)15)2-3-9(7)10/h2-3,5-6,16H,4H2,1H3. The van der Waals surface area contributed by atoms with Crippen molar-refractivity contribution < 1.29 is 22.7 Å². The fourth-order valence-electron chi connectivity index (χ4n) is 1.74. The van der Waals surface area contributed by atoms with E-state index in [4.69, 9.17) is 0 Å². The highest BCUT2D eigenvalue weighted by molar-refractivity contribution is 5.87. The Kier molecular flexibility index (Phi) is 3.02. The molecule has 0 aliphatic carbocycles. The van der Waals surface area contributed by atoms with Crippen LogP contribution in [0.1, 0.15) is 11.1 Å². The molecular formula is C12H10F3NO2. The Hall–Kier alpha value is -1.98. The van der Waals surface area contributed by atoms with E-state index in [2.05, 4.69) is 9.72 Å². The number of esters is 1. The largest absolute Gasteiger partial charge is 0.469 e. The van der Waals surface area contributed by atoms with E-state index < -0.39 is 17.7 Å². The van der Waals surface area contributed by atoms with Crippen LogP contribution in [0.25, 0.3) is 10.9 Å². The summed E-state index contributed by atoms with van der Waals surface area (Å²) in [6.07, 6.45) is -2.83. The molecule has 0 spiro atoms. The third-order valence-electron chi connectivity index (χ3n) is 2.66. The molecule has 0 atom stereocenters. The third kappa shape index (κ3) is 2.32. The van der Waals surface area contributed by atoms with Gasteiger partial charge in [-0.25, -0.2) is 0 Å². The molecule has 0 bridgehead atoms. The van der Waals surface area contributed by atoms with E-state index in [1.54, 1.807) is 0 Å². The first-order valence-electron chi connectivity index (χ1n) is 5.16. The van der Waals surface area contributed by atoms with E-state index in [9.17, 15) is 18.0 Å². The minimum atomic E-state index is -4.37. The van der Waals surface area contributed by atoms with Gasteiger partial charge in [-0.15, -0.1) is 0 Å². The SMILES string of the molecule is COC(=O)Cc1c[nH]c2cc(C(F)(F)F)ccc12. The van der Waals surface area contributed by atoms with Gasteiger partial charge in [0.2, 0.25) is 0 Å². The summed E-state index contributed by atoms with van der Waals surface area (Å²) >= 11 is 0. The lowest BCUT2D eigenvalue weighted by molar-refractivity contribution is -0.140. The van der Waals surface area contributed by atoms with Crippen molar-refractivity contribution in [1.82, 2.24) is 4.98 Å². The van der Waals surface area contributed by atoms with Gasteiger partial charge in [0.15, 0.2) is 0 Å². The van der Waals surface area contributed by atoms with Crippen molar-refractivity contribution in [2.75, 3.05) is 7.11 Å². The Morgan fingerprint density at radius 1 is 1.39 bits per heavy atom. The van der Waals surface area contributed by atoms with Gasteiger partial charge in [0.1, 0.15) is 0 Å². The first-order chi connectivity index (χ1) is 8.41. The van der Waals surface area contributed by atoms with Crippen LogP contribution in [0, 0.1) is 0 Å². The van der Waals surface area contributed by atoms with Crippen molar-refractivity contribution in [3.8, 4) is 0 Å². The zero-order chi connectivity index (χ0) is 13.3. The Labute approximate surface area is 101 Å². The second-order valence-electron chi connectivity index (χ2n) is 3.82. The number of aromatic amines is 1. The Morgan fingerprint density at radius 2 is 2.11 bits per heavy atom. The zero-order valence-corrected chi connectivity index (χ0v) is 9.47. The van der Waals surface area contributed by atoms with E-state index in [1.165, 1.54) is 19.4 Å². The molecule has 3 nitrogen and oxygen atoms in total. The molecule has 0 amide bonds. The molecule has 18 heavy (non-hydrogen) atoms. The first-order valence-corrected chi connectivity index (χ1v) is 5.16. The normalized spacial score (nSPS) is 11.8. The summed E-state index contributed by atoms with van der Waals surface area (Å²) in [5, 5.41) is 0.591. The summed E-state index contributed by atoms with van der Waals surface area (Å²) in [5.74, 6) is -0.434. The highest BCUT2D eigenvalue weighted by Crippen LogP contribution is 2.32. The van der Waals surface area contributed by atoms with Crippen LogP contribution >= 0.6 is 0 Å². The molecule has 1 aromatic carbocycles. The average molecular weight is 257 g/mol. The summed E-state index contributed by atoms with van der Waals surface area (Å²) in [7, 11) is 1.26. The van der Waals surface area contributed by atoms with Crippen LogP contribution in [0.5, 0.6) is 0 Å². The minimum absolute atomic E-state index is 0.0296. The summed E-state index contributed by atoms with van der Waals surface area (Å²) < 4.78 is 42.0. The van der Waals surface area contributed by atoms with E-state index >= 15 is 0 Å². The van der Waals surface area contributed by atoms with Crippen LogP contribution < -0.4 is 0 Å². The number of halogens is 3. The molecule has 6 heteroatoms. The van der Waals surface area contributed by atoms with Crippen LogP contribution in [0.15, 0.2) is 24.4 Å². The molecule has 96 valence electrons. The maximum absolute atomic E-state index is 12.5. The molecule has 0 saturated heterocycles. The van der Waals surface area contributed by atoms with Gasteiger partial charge in [-0.3, -0.25) is 4.79 Å². The maximum atomic E-state index is 12.5. The maximum Gasteiger partial charge on any atom is 0.416 e. The van der Waals surface area contributed by atoms with Gasteiger partial charge < -0.3 is 9.72 Å². The average Bonchev–Trinajstić information content (AvgIpc) is 2.70. The number of alkyl halides is 3. The number of nitrogens with one attached hydrogen (secondary N) is 1. The Balaban J connectivity index is 2.41. The summed E-state index contributed by atoms with van der Waals surface area (Å²) in [6, 6.07) is 3.37. The number of fused-ring (bicyclic) bond motifs is 1. The number of ether oxygens (including phenoxy) is 1. The number of rotatable bonds is 2. The molecule has 2 aromatic rings. The van der Waals surface area contributed by atoms with Crippen molar-refractivity contribution in [2.45, 2.75) is 12.6 Å². The molecule has 1 heterocycles. The lowest BCUT2D eigenvalue weighted by Crippen LogP contribution is -2.05. The van der Waals surface area contributed by atoms with Crippen LogP contribution in [0.3, 0.4) is 0 Å². The van der Waals surface area contributed by atoms with Crippen molar-refractivity contribution in [3.63, 3.8) is 0 Å². The van der Waals surface area contributed by atoms with Gasteiger partial charge in [-0.1, -0.05) is 6.07 Å². The van der Waals surface area contributed by atoms with Crippen molar-refractivity contribution in [3.05, 3.63) is 35.5 Å². The van der Waals surface area contributed by atoms with E-state index in [0.717, 1.165) is 12.1 Å². The Morgan fingerprint density at radius 3 is 2.72 bits per heavy atom. The molecular weight excluding hydrogens is 247 g/mol. The second-order valence-corrected chi connectivity index (χ2v) is 3.82. The van der Waals surface area contributed by atoms with E-state index in [1.807, 2.05) is 0 Å². The lowest BCUT2D eigenvalue weighted by Gasteiger charge is -2.06. The molecule has 0 radical (unpaired) electrons. The number of hydrogen-bond acceptors (Lipinski definition) is 2. The van der Waals surface area contributed by atoms with E-state index in [0.29, 0.717) is 16.5 Å². The molecule has 0 aliphatic heterocycles. The smallest absolute Gasteiger partial charge is 0.416 e. The molecule has 0 unspecified atom stereocenters. The summed E-state index contributed by atoms with van der Waals surface area (Å²) in [5.41, 5.74) is 0.246. The second kappa shape index (κ2) is 4.36. The highest BCUT2D eigenvalue weighted by Gasteiger charge is 2.30. The topological polar surface area (TPSA) is 42.1 Å². The van der Waals surface area contributed by atoms with Crippen LogP contribution in [-0.4, -0.2) is 18.1 Å². The van der Waals surface area contributed by atoms with Gasteiger partial charge in [0, 0.05) is 17.1 Å². The molecule has 0 fully saturated rings. The van der Waals surface area contributed by atoms with Crippen LogP contribution in [0.2, 0.25) is 0 Å². The lowest BCUT2D eigenvalue weighted by atomic mass is 10.1. The number of methoxy groups -OCH3 is 1. The molecule has 0 aliphatic rings. The zero-order valence-electron chi connectivity index (χ0n) is 9.47. The van der Waals surface area contributed by atoms with Gasteiger partial charge in [0.05, 0.1) is 19.1 Å². The van der Waals surface area contributed by atoms with E-state index in [-0.39, 0.29) is 6.42 Å². The van der Waals surface area contributed by atoms with Crippen LogP contribution in [-0.2, 0) is 22.1 Å². The van der Waals surface area contributed by atoms with Crippen molar-refractivity contribution in [2.24, 2.45) is 0 Å². The number of aromatic nitrogens is 1. The summed E-state index contributed by atoms with van der Waals surface area (Å²) in [6.45, 7) is 0. The molecule has 1 N–H and O–H groups in total. The number of H-pyrrole nitrogens is 1. The van der Waals surface area contributed by atoms with Crippen molar-refractivity contribution in [1.29, 1.82) is 0 Å². The molecule has 1 aromatic heterocycles. The van der Waals surface area contributed by atoms with Crippen molar-refractivity contribution >= 4 is 16.9 Å². The Bertz CT molecular complexity index is 587. The quantitative estimate of drug-likeness (QED) is 0.840. The number of hydrogen-bond donors (Lipinski definition) is 1. The van der Waals surface area contributed by atoms with Crippen LogP contribution in [0.4, 0.5) is 13.2 Å². The number of benzene rings is 1.